The number of terminal acetylenes is 1. The second-order valence-corrected chi connectivity index (χ2v) is 5.52. The molecule has 1 unspecified atom stereocenters. The molecule has 0 heterocycles. The number of hydrogen-bond donors (Lipinski definition) is 1. The third kappa shape index (κ3) is 3.48. The Morgan fingerprint density at radius 2 is 1.21 bits per heavy atom. The smallest absolute Gasteiger partial charge is 0.0899 e. The molecule has 118 valence electrons. The SMILES string of the molecule is C#CCC(O)c1ccc(N(c2ccccc2)c2ccccc2)cc1. The molecule has 0 aliphatic heterocycles. The Bertz CT molecular complexity index is 765. The molecule has 0 saturated heterocycles. The van der Waals surface area contributed by atoms with E-state index in [2.05, 4.69) is 35.1 Å². The number of rotatable bonds is 5. The van der Waals surface area contributed by atoms with Crippen molar-refractivity contribution in [3.8, 4) is 12.3 Å². The van der Waals surface area contributed by atoms with Crippen molar-refractivity contribution in [2.75, 3.05) is 4.90 Å². The van der Waals surface area contributed by atoms with Crippen molar-refractivity contribution >= 4 is 17.1 Å². The molecule has 2 nitrogen and oxygen atoms in total. The first-order chi connectivity index (χ1) is 11.8. The van der Waals surface area contributed by atoms with Gasteiger partial charge >= 0.3 is 0 Å². The molecule has 0 aliphatic carbocycles. The summed E-state index contributed by atoms with van der Waals surface area (Å²) in [6, 6.07) is 28.3. The summed E-state index contributed by atoms with van der Waals surface area (Å²) >= 11 is 0. The molecule has 3 aromatic carbocycles. The number of aliphatic hydroxyl groups is 1. The Hall–Kier alpha value is -3.02. The maximum Gasteiger partial charge on any atom is 0.0899 e. The van der Waals surface area contributed by atoms with Gasteiger partial charge in [0.25, 0.3) is 0 Å². The molecular formula is C22H19NO. The van der Waals surface area contributed by atoms with Gasteiger partial charge in [0, 0.05) is 23.5 Å². The topological polar surface area (TPSA) is 23.5 Å². The number of aliphatic hydroxyl groups excluding tert-OH is 1. The summed E-state index contributed by atoms with van der Waals surface area (Å²) in [5.74, 6) is 2.49. The second kappa shape index (κ2) is 7.50. The van der Waals surface area contributed by atoms with Crippen LogP contribution >= 0.6 is 0 Å². The van der Waals surface area contributed by atoms with Gasteiger partial charge in [-0.1, -0.05) is 48.5 Å². The lowest BCUT2D eigenvalue weighted by atomic mass is 10.1. The van der Waals surface area contributed by atoms with Gasteiger partial charge in [-0.15, -0.1) is 12.3 Å². The van der Waals surface area contributed by atoms with Crippen LogP contribution in [-0.4, -0.2) is 5.11 Å². The summed E-state index contributed by atoms with van der Waals surface area (Å²) in [4.78, 5) is 2.18. The van der Waals surface area contributed by atoms with Gasteiger partial charge in [0.1, 0.15) is 0 Å². The average Bonchev–Trinajstić information content (AvgIpc) is 2.64. The van der Waals surface area contributed by atoms with Crippen LogP contribution in [0.4, 0.5) is 17.1 Å². The number of benzene rings is 3. The van der Waals surface area contributed by atoms with Gasteiger partial charge in [-0.05, 0) is 42.0 Å². The Morgan fingerprint density at radius 1 is 0.750 bits per heavy atom. The summed E-state index contributed by atoms with van der Waals surface area (Å²) in [6.07, 6.45) is 4.98. The zero-order valence-electron chi connectivity index (χ0n) is 13.3. The van der Waals surface area contributed by atoms with E-state index in [0.29, 0.717) is 6.42 Å². The number of para-hydroxylation sites is 2. The van der Waals surface area contributed by atoms with Crippen LogP contribution in [0.5, 0.6) is 0 Å². The van der Waals surface area contributed by atoms with Gasteiger partial charge in [-0.2, -0.15) is 0 Å². The highest BCUT2D eigenvalue weighted by Gasteiger charge is 2.12. The highest BCUT2D eigenvalue weighted by atomic mass is 16.3. The van der Waals surface area contributed by atoms with E-state index < -0.39 is 6.10 Å². The zero-order chi connectivity index (χ0) is 16.8. The van der Waals surface area contributed by atoms with E-state index >= 15 is 0 Å². The maximum atomic E-state index is 10.0. The van der Waals surface area contributed by atoms with Gasteiger partial charge in [0.2, 0.25) is 0 Å². The van der Waals surface area contributed by atoms with Gasteiger partial charge < -0.3 is 10.0 Å². The molecule has 0 radical (unpaired) electrons. The fourth-order valence-corrected chi connectivity index (χ4v) is 2.68. The number of hydrogen-bond acceptors (Lipinski definition) is 2. The quantitative estimate of drug-likeness (QED) is 0.653. The monoisotopic (exact) mass is 313 g/mol. The lowest BCUT2D eigenvalue weighted by Crippen LogP contribution is -2.09. The zero-order valence-corrected chi connectivity index (χ0v) is 13.3. The lowest BCUT2D eigenvalue weighted by molar-refractivity contribution is 0.184. The molecule has 0 amide bonds. The van der Waals surface area contributed by atoms with Crippen LogP contribution in [0.15, 0.2) is 84.9 Å². The fourth-order valence-electron chi connectivity index (χ4n) is 2.68. The lowest BCUT2D eigenvalue weighted by Gasteiger charge is -2.25. The molecule has 0 saturated carbocycles. The van der Waals surface area contributed by atoms with Gasteiger partial charge in [-0.25, -0.2) is 0 Å². The minimum atomic E-state index is -0.619. The second-order valence-electron chi connectivity index (χ2n) is 5.52. The average molecular weight is 313 g/mol. The minimum absolute atomic E-state index is 0.320. The van der Waals surface area contributed by atoms with Crippen molar-refractivity contribution in [1.82, 2.24) is 0 Å². The van der Waals surface area contributed by atoms with Crippen LogP contribution < -0.4 is 4.90 Å². The predicted octanol–water partition coefficient (Wildman–Crippen LogP) is 5.21. The molecule has 0 fully saturated rings. The highest BCUT2D eigenvalue weighted by Crippen LogP contribution is 2.34. The van der Waals surface area contributed by atoms with E-state index in [9.17, 15) is 5.11 Å². The first-order valence-electron chi connectivity index (χ1n) is 7.91. The summed E-state index contributed by atoms with van der Waals surface area (Å²) in [7, 11) is 0. The fraction of sp³-hybridized carbons (Fsp3) is 0.0909. The van der Waals surface area contributed by atoms with Crippen LogP contribution in [0, 0.1) is 12.3 Å². The van der Waals surface area contributed by atoms with E-state index in [1.807, 2.05) is 60.7 Å². The van der Waals surface area contributed by atoms with Crippen LogP contribution in [0.2, 0.25) is 0 Å². The molecule has 1 atom stereocenters. The van der Waals surface area contributed by atoms with Crippen LogP contribution in [0.3, 0.4) is 0 Å². The van der Waals surface area contributed by atoms with Crippen LogP contribution in [-0.2, 0) is 0 Å². The maximum absolute atomic E-state index is 10.0. The normalized spacial score (nSPS) is 11.5. The van der Waals surface area contributed by atoms with Crippen molar-refractivity contribution in [2.45, 2.75) is 12.5 Å². The molecule has 24 heavy (non-hydrogen) atoms. The van der Waals surface area contributed by atoms with E-state index in [1.54, 1.807) is 0 Å². The first-order valence-corrected chi connectivity index (χ1v) is 7.91. The summed E-state index contributed by atoms with van der Waals surface area (Å²) in [5, 5.41) is 10.0. The van der Waals surface area contributed by atoms with Crippen molar-refractivity contribution in [3.05, 3.63) is 90.5 Å². The Morgan fingerprint density at radius 3 is 1.67 bits per heavy atom. The summed E-state index contributed by atoms with van der Waals surface area (Å²) < 4.78 is 0. The van der Waals surface area contributed by atoms with Crippen molar-refractivity contribution in [3.63, 3.8) is 0 Å². The van der Waals surface area contributed by atoms with E-state index in [4.69, 9.17) is 6.42 Å². The van der Waals surface area contributed by atoms with Gasteiger partial charge in [-0.3, -0.25) is 0 Å². The molecule has 0 spiro atoms. The largest absolute Gasteiger partial charge is 0.387 e. The number of anilines is 3. The predicted molar refractivity (Wildman–Crippen MR) is 99.5 cm³/mol. The Labute approximate surface area is 143 Å². The van der Waals surface area contributed by atoms with Crippen LogP contribution in [0.1, 0.15) is 18.1 Å². The molecular weight excluding hydrogens is 294 g/mol. The summed E-state index contributed by atoms with van der Waals surface area (Å²) in [5.41, 5.74) is 4.03. The van der Waals surface area contributed by atoms with E-state index in [0.717, 1.165) is 22.6 Å². The Balaban J connectivity index is 1.99. The molecule has 3 aromatic rings. The molecule has 0 aliphatic rings. The molecule has 3 rings (SSSR count). The Kier molecular flexibility index (Phi) is 4.96. The third-order valence-corrected chi connectivity index (χ3v) is 3.88. The van der Waals surface area contributed by atoms with E-state index in [-0.39, 0.29) is 0 Å². The van der Waals surface area contributed by atoms with Crippen molar-refractivity contribution in [2.24, 2.45) is 0 Å². The summed E-state index contributed by atoms with van der Waals surface area (Å²) in [6.45, 7) is 0. The highest BCUT2D eigenvalue weighted by molar-refractivity contribution is 5.76. The van der Waals surface area contributed by atoms with E-state index in [1.165, 1.54) is 0 Å². The third-order valence-electron chi connectivity index (χ3n) is 3.88. The number of nitrogens with zero attached hydrogens (tertiary/aromatic N) is 1. The van der Waals surface area contributed by atoms with Gasteiger partial charge in [0.05, 0.1) is 6.10 Å². The standard InChI is InChI=1S/C22H19NO/c1-2-9-22(24)18-14-16-21(17-15-18)23(19-10-5-3-6-11-19)20-12-7-4-8-13-20/h1,3-8,10-17,22,24H,9H2. The minimum Gasteiger partial charge on any atom is -0.387 e. The van der Waals surface area contributed by atoms with Crippen molar-refractivity contribution in [1.29, 1.82) is 0 Å². The van der Waals surface area contributed by atoms with Crippen molar-refractivity contribution < 1.29 is 5.11 Å². The molecule has 0 aromatic heterocycles. The first kappa shape index (κ1) is 15.9. The molecule has 0 bridgehead atoms. The van der Waals surface area contributed by atoms with Gasteiger partial charge in [0.15, 0.2) is 0 Å². The molecule has 1 N–H and O–H groups in total. The van der Waals surface area contributed by atoms with Crippen LogP contribution in [0.25, 0.3) is 0 Å². The molecule has 2 heteroatoms.